The van der Waals surface area contributed by atoms with Crippen molar-refractivity contribution in [3.63, 3.8) is 0 Å². The number of halogens is 1. The summed E-state index contributed by atoms with van der Waals surface area (Å²) in [6.45, 7) is 0. The standard InChI is InChI=1S/C18H14BrN3O2/c1-24-13-7-5-10(6-8-13)16-14-15(11-3-2-4-12(19)9-11)20-18(23)17(14)22-21-16/h2-9,15H,1H3,(H,20,23)(H,21,22)/t15-/m1/s1. The number of carbonyl (C=O) groups excluding carboxylic acids is 1. The normalized spacial score (nSPS) is 15.9. The first-order chi connectivity index (χ1) is 11.7. The number of nitrogens with zero attached hydrogens (tertiary/aromatic N) is 1. The first-order valence-corrected chi connectivity index (χ1v) is 8.25. The van der Waals surface area contributed by atoms with Gasteiger partial charge in [-0.2, -0.15) is 5.10 Å². The van der Waals surface area contributed by atoms with E-state index in [4.69, 9.17) is 4.74 Å². The molecule has 120 valence electrons. The number of hydrogen-bond acceptors (Lipinski definition) is 3. The summed E-state index contributed by atoms with van der Waals surface area (Å²) in [6, 6.07) is 15.3. The molecule has 0 unspecified atom stereocenters. The van der Waals surface area contributed by atoms with E-state index in [1.807, 2.05) is 48.5 Å². The molecule has 0 fully saturated rings. The van der Waals surface area contributed by atoms with Gasteiger partial charge in [0.25, 0.3) is 5.91 Å². The van der Waals surface area contributed by atoms with Gasteiger partial charge in [-0.3, -0.25) is 9.89 Å². The fourth-order valence-corrected chi connectivity index (χ4v) is 3.40. The van der Waals surface area contributed by atoms with Gasteiger partial charge in [-0.15, -0.1) is 0 Å². The Morgan fingerprint density at radius 3 is 2.67 bits per heavy atom. The van der Waals surface area contributed by atoms with Crippen LogP contribution in [-0.2, 0) is 0 Å². The molecule has 1 atom stereocenters. The highest BCUT2D eigenvalue weighted by atomic mass is 79.9. The Balaban J connectivity index is 1.82. The van der Waals surface area contributed by atoms with Crippen molar-refractivity contribution in [3.8, 4) is 17.0 Å². The number of hydrogen-bond donors (Lipinski definition) is 2. The summed E-state index contributed by atoms with van der Waals surface area (Å²) < 4.78 is 6.17. The lowest BCUT2D eigenvalue weighted by atomic mass is 9.97. The number of fused-ring (bicyclic) bond motifs is 1. The molecule has 5 nitrogen and oxygen atoms in total. The molecule has 24 heavy (non-hydrogen) atoms. The zero-order valence-corrected chi connectivity index (χ0v) is 14.4. The van der Waals surface area contributed by atoms with Crippen LogP contribution in [-0.4, -0.2) is 23.2 Å². The number of aromatic amines is 1. The van der Waals surface area contributed by atoms with Crippen LogP contribution in [0.4, 0.5) is 0 Å². The van der Waals surface area contributed by atoms with Crippen LogP contribution in [0.3, 0.4) is 0 Å². The van der Waals surface area contributed by atoms with Crippen molar-refractivity contribution in [2.24, 2.45) is 0 Å². The predicted octanol–water partition coefficient (Wildman–Crippen LogP) is 3.68. The number of amides is 1. The van der Waals surface area contributed by atoms with Crippen molar-refractivity contribution in [3.05, 3.63) is 69.8 Å². The van der Waals surface area contributed by atoms with E-state index in [9.17, 15) is 4.79 Å². The van der Waals surface area contributed by atoms with Crippen molar-refractivity contribution >= 4 is 21.8 Å². The summed E-state index contributed by atoms with van der Waals surface area (Å²) in [5, 5.41) is 10.3. The van der Waals surface area contributed by atoms with Gasteiger partial charge in [-0.25, -0.2) is 0 Å². The lowest BCUT2D eigenvalue weighted by Gasteiger charge is -2.13. The minimum Gasteiger partial charge on any atom is -0.497 e. The SMILES string of the molecule is COc1ccc(-c2n[nH]c3c2[C@@H](c2cccc(Br)c2)NC3=O)cc1. The first kappa shape index (κ1) is 15.0. The van der Waals surface area contributed by atoms with Crippen LogP contribution in [0.15, 0.2) is 53.0 Å². The van der Waals surface area contributed by atoms with Crippen LogP contribution in [0.25, 0.3) is 11.3 Å². The smallest absolute Gasteiger partial charge is 0.270 e. The maximum Gasteiger partial charge on any atom is 0.270 e. The Morgan fingerprint density at radius 1 is 1.17 bits per heavy atom. The first-order valence-electron chi connectivity index (χ1n) is 7.46. The van der Waals surface area contributed by atoms with E-state index in [0.717, 1.165) is 32.6 Å². The molecular weight excluding hydrogens is 370 g/mol. The second kappa shape index (κ2) is 5.79. The number of ether oxygens (including phenoxy) is 1. The third kappa shape index (κ3) is 2.39. The number of H-pyrrole nitrogens is 1. The third-order valence-corrected chi connectivity index (χ3v) is 4.63. The number of nitrogens with one attached hydrogen (secondary N) is 2. The van der Waals surface area contributed by atoms with E-state index in [0.29, 0.717) is 5.69 Å². The molecule has 1 aromatic heterocycles. The molecule has 0 saturated heterocycles. The van der Waals surface area contributed by atoms with Crippen LogP contribution in [0.2, 0.25) is 0 Å². The van der Waals surface area contributed by atoms with Crippen LogP contribution < -0.4 is 10.1 Å². The van der Waals surface area contributed by atoms with E-state index in [1.165, 1.54) is 0 Å². The average Bonchev–Trinajstić information content (AvgIpc) is 3.17. The Kier molecular flexibility index (Phi) is 3.61. The molecule has 2 N–H and O–H groups in total. The summed E-state index contributed by atoms with van der Waals surface area (Å²) in [7, 11) is 1.63. The maximum absolute atomic E-state index is 12.3. The van der Waals surface area contributed by atoms with E-state index in [-0.39, 0.29) is 11.9 Å². The van der Waals surface area contributed by atoms with Crippen LogP contribution >= 0.6 is 15.9 Å². The quantitative estimate of drug-likeness (QED) is 0.724. The van der Waals surface area contributed by atoms with E-state index in [2.05, 4.69) is 31.4 Å². The Morgan fingerprint density at radius 2 is 1.96 bits per heavy atom. The molecule has 0 spiro atoms. The average molecular weight is 384 g/mol. The van der Waals surface area contributed by atoms with Gasteiger partial charge in [0.1, 0.15) is 11.4 Å². The summed E-state index contributed by atoms with van der Waals surface area (Å²) in [6.07, 6.45) is 0. The van der Waals surface area contributed by atoms with Gasteiger partial charge in [-0.05, 0) is 42.0 Å². The van der Waals surface area contributed by atoms with Gasteiger partial charge in [-0.1, -0.05) is 28.1 Å². The molecule has 2 aromatic carbocycles. The fourth-order valence-electron chi connectivity index (χ4n) is 2.99. The van der Waals surface area contributed by atoms with Crippen molar-refractivity contribution in [2.75, 3.05) is 7.11 Å². The molecule has 3 aromatic rings. The van der Waals surface area contributed by atoms with E-state index < -0.39 is 0 Å². The zero-order chi connectivity index (χ0) is 16.7. The Bertz CT molecular complexity index is 918. The summed E-state index contributed by atoms with van der Waals surface area (Å²) in [5.74, 6) is 0.644. The minimum atomic E-state index is -0.221. The topological polar surface area (TPSA) is 67.0 Å². The van der Waals surface area contributed by atoms with Crippen LogP contribution in [0.1, 0.15) is 27.7 Å². The third-order valence-electron chi connectivity index (χ3n) is 4.14. The molecule has 1 aliphatic rings. The highest BCUT2D eigenvalue weighted by Gasteiger charge is 2.35. The molecule has 0 aliphatic carbocycles. The number of carbonyl (C=O) groups is 1. The lowest BCUT2D eigenvalue weighted by molar-refractivity contribution is 0.0955. The van der Waals surface area contributed by atoms with Crippen molar-refractivity contribution in [1.29, 1.82) is 0 Å². The van der Waals surface area contributed by atoms with E-state index >= 15 is 0 Å². The largest absolute Gasteiger partial charge is 0.497 e. The molecule has 1 amide bonds. The van der Waals surface area contributed by atoms with Crippen molar-refractivity contribution in [2.45, 2.75) is 6.04 Å². The second-order valence-corrected chi connectivity index (χ2v) is 6.47. The molecule has 0 saturated carbocycles. The molecule has 6 heteroatoms. The van der Waals surface area contributed by atoms with Crippen molar-refractivity contribution < 1.29 is 9.53 Å². The number of benzene rings is 2. The molecule has 0 radical (unpaired) electrons. The number of methoxy groups -OCH3 is 1. The predicted molar refractivity (Wildman–Crippen MR) is 94.0 cm³/mol. The Hall–Kier alpha value is -2.60. The van der Waals surface area contributed by atoms with Gasteiger partial charge in [0.2, 0.25) is 0 Å². The van der Waals surface area contributed by atoms with Gasteiger partial charge in [0.05, 0.1) is 18.8 Å². The lowest BCUT2D eigenvalue weighted by Crippen LogP contribution is -2.21. The number of rotatable bonds is 3. The molecule has 2 heterocycles. The highest BCUT2D eigenvalue weighted by molar-refractivity contribution is 9.10. The summed E-state index contributed by atoms with van der Waals surface area (Å²) in [4.78, 5) is 12.3. The number of aromatic nitrogens is 2. The van der Waals surface area contributed by atoms with Crippen LogP contribution in [0, 0.1) is 0 Å². The highest BCUT2D eigenvalue weighted by Crippen LogP contribution is 2.37. The monoisotopic (exact) mass is 383 g/mol. The van der Waals surface area contributed by atoms with E-state index in [1.54, 1.807) is 7.11 Å². The zero-order valence-electron chi connectivity index (χ0n) is 12.8. The molecule has 1 aliphatic heterocycles. The second-order valence-electron chi connectivity index (χ2n) is 5.55. The minimum absolute atomic E-state index is 0.137. The van der Waals surface area contributed by atoms with Gasteiger partial charge in [0, 0.05) is 15.6 Å². The van der Waals surface area contributed by atoms with Gasteiger partial charge < -0.3 is 10.1 Å². The summed E-state index contributed by atoms with van der Waals surface area (Å²) in [5.41, 5.74) is 4.11. The fraction of sp³-hybridized carbons (Fsp3) is 0.111. The molecular formula is C18H14BrN3O2. The summed E-state index contributed by atoms with van der Waals surface area (Å²) >= 11 is 3.48. The van der Waals surface area contributed by atoms with Crippen LogP contribution in [0.5, 0.6) is 5.75 Å². The van der Waals surface area contributed by atoms with Crippen molar-refractivity contribution in [1.82, 2.24) is 15.5 Å². The molecule has 0 bridgehead atoms. The maximum atomic E-state index is 12.3. The van der Waals surface area contributed by atoms with Gasteiger partial charge in [0.15, 0.2) is 0 Å². The van der Waals surface area contributed by atoms with Gasteiger partial charge >= 0.3 is 0 Å². The Labute approximate surface area is 147 Å². The molecule has 4 rings (SSSR count).